The molecule has 0 heterocycles. The summed E-state index contributed by atoms with van der Waals surface area (Å²) in [6, 6.07) is 13.3. The Hall–Kier alpha value is -2.09. The largest absolute Gasteiger partial charge is 0.494 e. The molecular formula is C17H18O2. The predicted octanol–water partition coefficient (Wildman–Crippen LogP) is 3.93. The maximum Gasteiger partial charge on any atom is 0.193 e. The van der Waals surface area contributed by atoms with Gasteiger partial charge >= 0.3 is 0 Å². The number of aryl methyl sites for hydroxylation is 2. The first-order valence-electron chi connectivity index (χ1n) is 6.46. The molecule has 0 N–H and O–H groups in total. The average molecular weight is 254 g/mol. The first-order chi connectivity index (χ1) is 9.11. The Morgan fingerprint density at radius 3 is 2.53 bits per heavy atom. The quantitative estimate of drug-likeness (QED) is 0.773. The molecule has 0 fully saturated rings. The number of carbonyl (C=O) groups excluding carboxylic acids is 1. The van der Waals surface area contributed by atoms with Crippen molar-refractivity contribution in [2.75, 3.05) is 6.61 Å². The van der Waals surface area contributed by atoms with Gasteiger partial charge in [0.1, 0.15) is 5.75 Å². The number of hydrogen-bond donors (Lipinski definition) is 0. The van der Waals surface area contributed by atoms with E-state index in [-0.39, 0.29) is 5.78 Å². The van der Waals surface area contributed by atoms with Crippen LogP contribution in [-0.2, 0) is 0 Å². The van der Waals surface area contributed by atoms with Crippen LogP contribution in [0.15, 0.2) is 42.5 Å². The van der Waals surface area contributed by atoms with Crippen molar-refractivity contribution < 1.29 is 9.53 Å². The van der Waals surface area contributed by atoms with Gasteiger partial charge in [0, 0.05) is 11.1 Å². The zero-order valence-corrected chi connectivity index (χ0v) is 11.6. The average Bonchev–Trinajstić information content (AvgIpc) is 2.38. The number of carbonyl (C=O) groups is 1. The monoisotopic (exact) mass is 254 g/mol. The zero-order valence-electron chi connectivity index (χ0n) is 11.6. The summed E-state index contributed by atoms with van der Waals surface area (Å²) < 4.78 is 5.43. The minimum absolute atomic E-state index is 0.0595. The lowest BCUT2D eigenvalue weighted by molar-refractivity contribution is 0.103. The van der Waals surface area contributed by atoms with Crippen molar-refractivity contribution in [1.82, 2.24) is 0 Å². The third kappa shape index (κ3) is 3.02. The second-order valence-electron chi connectivity index (χ2n) is 4.61. The number of rotatable bonds is 4. The third-order valence-electron chi connectivity index (χ3n) is 3.03. The lowest BCUT2D eigenvalue weighted by Crippen LogP contribution is -2.04. The molecule has 0 bridgehead atoms. The molecule has 0 unspecified atom stereocenters. The van der Waals surface area contributed by atoms with Crippen LogP contribution < -0.4 is 4.74 Å². The van der Waals surface area contributed by atoms with Crippen molar-refractivity contribution in [3.8, 4) is 5.75 Å². The maximum absolute atomic E-state index is 12.4. The fraction of sp³-hybridized carbons (Fsp3) is 0.235. The van der Waals surface area contributed by atoms with E-state index < -0.39 is 0 Å². The van der Waals surface area contributed by atoms with Crippen LogP contribution in [0.1, 0.15) is 34.0 Å². The molecule has 2 heteroatoms. The van der Waals surface area contributed by atoms with Crippen molar-refractivity contribution in [1.29, 1.82) is 0 Å². The molecule has 2 aromatic carbocycles. The number of ketones is 1. The number of ether oxygens (including phenoxy) is 1. The van der Waals surface area contributed by atoms with E-state index in [2.05, 4.69) is 0 Å². The molecule has 0 amide bonds. The van der Waals surface area contributed by atoms with Gasteiger partial charge in [-0.25, -0.2) is 0 Å². The summed E-state index contributed by atoms with van der Waals surface area (Å²) in [4.78, 5) is 12.4. The van der Waals surface area contributed by atoms with Gasteiger partial charge in [-0.15, -0.1) is 0 Å². The molecule has 0 aliphatic heterocycles. The highest BCUT2D eigenvalue weighted by Crippen LogP contribution is 2.20. The summed E-state index contributed by atoms with van der Waals surface area (Å²) in [5, 5.41) is 0. The van der Waals surface area contributed by atoms with Gasteiger partial charge in [-0.2, -0.15) is 0 Å². The molecule has 0 aromatic heterocycles. The van der Waals surface area contributed by atoms with Crippen molar-refractivity contribution in [2.24, 2.45) is 0 Å². The van der Waals surface area contributed by atoms with Gasteiger partial charge in [-0.05, 0) is 50.6 Å². The van der Waals surface area contributed by atoms with Crippen molar-refractivity contribution in [3.63, 3.8) is 0 Å². The van der Waals surface area contributed by atoms with Gasteiger partial charge in [-0.1, -0.05) is 23.8 Å². The summed E-state index contributed by atoms with van der Waals surface area (Å²) in [6.07, 6.45) is 0. The van der Waals surface area contributed by atoms with E-state index in [9.17, 15) is 4.79 Å². The summed E-state index contributed by atoms with van der Waals surface area (Å²) in [5.74, 6) is 0.866. The summed E-state index contributed by atoms with van der Waals surface area (Å²) in [7, 11) is 0. The van der Waals surface area contributed by atoms with Crippen LogP contribution in [0.5, 0.6) is 5.75 Å². The molecule has 2 nitrogen and oxygen atoms in total. The Morgan fingerprint density at radius 1 is 1.11 bits per heavy atom. The lowest BCUT2D eigenvalue weighted by atomic mass is 9.98. The molecule has 98 valence electrons. The van der Waals surface area contributed by atoms with Gasteiger partial charge in [0.05, 0.1) is 6.61 Å². The Balaban J connectivity index is 2.34. The Labute approximate surface area is 114 Å². The summed E-state index contributed by atoms with van der Waals surface area (Å²) >= 11 is 0. The van der Waals surface area contributed by atoms with Gasteiger partial charge < -0.3 is 4.74 Å². The topological polar surface area (TPSA) is 26.3 Å². The van der Waals surface area contributed by atoms with Crippen LogP contribution in [0, 0.1) is 13.8 Å². The normalized spacial score (nSPS) is 10.3. The lowest BCUT2D eigenvalue weighted by Gasteiger charge is -2.09. The van der Waals surface area contributed by atoms with Gasteiger partial charge in [0.25, 0.3) is 0 Å². The second kappa shape index (κ2) is 5.70. The smallest absolute Gasteiger partial charge is 0.193 e. The van der Waals surface area contributed by atoms with Gasteiger partial charge in [-0.3, -0.25) is 4.79 Å². The highest BCUT2D eigenvalue weighted by molar-refractivity contribution is 6.10. The number of hydrogen-bond acceptors (Lipinski definition) is 2. The van der Waals surface area contributed by atoms with Crippen LogP contribution in [0.4, 0.5) is 0 Å². The SMILES string of the molecule is CCOc1ccc(C(=O)c2cccc(C)c2)c(C)c1. The van der Waals surface area contributed by atoms with E-state index in [1.165, 1.54) is 0 Å². The summed E-state index contributed by atoms with van der Waals surface area (Å²) in [5.41, 5.74) is 3.49. The highest BCUT2D eigenvalue weighted by atomic mass is 16.5. The van der Waals surface area contributed by atoms with Crippen LogP contribution in [0.2, 0.25) is 0 Å². The second-order valence-corrected chi connectivity index (χ2v) is 4.61. The van der Waals surface area contributed by atoms with Gasteiger partial charge in [0.2, 0.25) is 0 Å². The Kier molecular flexibility index (Phi) is 4.00. The van der Waals surface area contributed by atoms with E-state index in [4.69, 9.17) is 4.74 Å². The fourth-order valence-corrected chi connectivity index (χ4v) is 2.09. The van der Waals surface area contributed by atoms with E-state index >= 15 is 0 Å². The molecule has 0 radical (unpaired) electrons. The summed E-state index contributed by atoms with van der Waals surface area (Å²) in [6.45, 7) is 6.50. The van der Waals surface area contributed by atoms with E-state index in [0.717, 1.165) is 28.0 Å². The maximum atomic E-state index is 12.4. The molecule has 0 atom stereocenters. The first-order valence-corrected chi connectivity index (χ1v) is 6.46. The number of benzene rings is 2. The molecule has 0 aliphatic carbocycles. The molecule has 0 saturated heterocycles. The van der Waals surface area contributed by atoms with Crippen LogP contribution in [0.3, 0.4) is 0 Å². The van der Waals surface area contributed by atoms with E-state index in [1.807, 2.05) is 63.2 Å². The predicted molar refractivity (Wildman–Crippen MR) is 77.0 cm³/mol. The van der Waals surface area contributed by atoms with Crippen molar-refractivity contribution in [2.45, 2.75) is 20.8 Å². The third-order valence-corrected chi connectivity index (χ3v) is 3.03. The molecule has 2 aromatic rings. The molecule has 0 aliphatic rings. The van der Waals surface area contributed by atoms with Crippen molar-refractivity contribution >= 4 is 5.78 Å². The molecule has 0 spiro atoms. The molecule has 19 heavy (non-hydrogen) atoms. The Bertz CT molecular complexity index is 600. The fourth-order valence-electron chi connectivity index (χ4n) is 2.09. The van der Waals surface area contributed by atoms with Crippen LogP contribution in [-0.4, -0.2) is 12.4 Å². The Morgan fingerprint density at radius 2 is 1.89 bits per heavy atom. The molecule has 0 saturated carbocycles. The standard InChI is InChI=1S/C17H18O2/c1-4-19-15-8-9-16(13(3)11-15)17(18)14-7-5-6-12(2)10-14/h5-11H,4H2,1-3H3. The molecule has 2 rings (SSSR count). The minimum Gasteiger partial charge on any atom is -0.494 e. The molecular weight excluding hydrogens is 236 g/mol. The zero-order chi connectivity index (χ0) is 13.8. The van der Waals surface area contributed by atoms with E-state index in [0.29, 0.717) is 6.61 Å². The van der Waals surface area contributed by atoms with Crippen LogP contribution >= 0.6 is 0 Å². The minimum atomic E-state index is 0.0595. The highest BCUT2D eigenvalue weighted by Gasteiger charge is 2.12. The van der Waals surface area contributed by atoms with Gasteiger partial charge in [0.15, 0.2) is 5.78 Å². The van der Waals surface area contributed by atoms with Crippen LogP contribution in [0.25, 0.3) is 0 Å². The van der Waals surface area contributed by atoms with E-state index in [1.54, 1.807) is 0 Å². The van der Waals surface area contributed by atoms with Crippen molar-refractivity contribution in [3.05, 3.63) is 64.7 Å². The first kappa shape index (κ1) is 13.3.